The number of piperidine rings is 1. The molecule has 0 radical (unpaired) electrons. The Morgan fingerprint density at radius 3 is 2.58 bits per heavy atom. The van der Waals surface area contributed by atoms with Crippen LogP contribution >= 0.6 is 22.9 Å². The van der Waals surface area contributed by atoms with Crippen molar-refractivity contribution in [2.45, 2.75) is 39.2 Å². The van der Waals surface area contributed by atoms with Crippen molar-refractivity contribution >= 4 is 27.9 Å². The van der Waals surface area contributed by atoms with E-state index in [1.54, 1.807) is 4.52 Å². The zero-order chi connectivity index (χ0) is 18.3. The van der Waals surface area contributed by atoms with Crippen LogP contribution in [0.2, 0.25) is 5.02 Å². The number of aromatic nitrogens is 3. The van der Waals surface area contributed by atoms with Crippen LogP contribution in [0, 0.1) is 5.92 Å². The summed E-state index contributed by atoms with van der Waals surface area (Å²) >= 11 is 7.62. The third-order valence-electron chi connectivity index (χ3n) is 5.18. The second-order valence-corrected chi connectivity index (χ2v) is 8.48. The molecule has 2 aromatic heterocycles. The lowest BCUT2D eigenvalue weighted by Crippen LogP contribution is -2.36. The average Bonchev–Trinajstić information content (AvgIpc) is 3.18. The molecular formula is C19H23ClN4OS. The van der Waals surface area contributed by atoms with E-state index in [9.17, 15) is 5.11 Å². The fourth-order valence-electron chi connectivity index (χ4n) is 3.58. The maximum absolute atomic E-state index is 10.9. The van der Waals surface area contributed by atoms with E-state index >= 15 is 0 Å². The van der Waals surface area contributed by atoms with Crippen LogP contribution in [0.5, 0.6) is 5.88 Å². The number of aromatic hydroxyl groups is 1. The molecule has 0 spiro atoms. The van der Waals surface area contributed by atoms with Crippen molar-refractivity contribution in [3.63, 3.8) is 0 Å². The minimum absolute atomic E-state index is 0.00153. The van der Waals surface area contributed by atoms with E-state index in [0.717, 1.165) is 51.7 Å². The first-order valence-corrected chi connectivity index (χ1v) is 10.3. The summed E-state index contributed by atoms with van der Waals surface area (Å²) in [4.78, 5) is 8.64. The van der Waals surface area contributed by atoms with E-state index in [-0.39, 0.29) is 11.9 Å². The first-order chi connectivity index (χ1) is 12.6. The van der Waals surface area contributed by atoms with Crippen molar-refractivity contribution in [3.05, 3.63) is 45.6 Å². The Kier molecular flexibility index (Phi) is 4.90. The van der Waals surface area contributed by atoms with Crippen molar-refractivity contribution in [1.82, 2.24) is 19.5 Å². The van der Waals surface area contributed by atoms with Crippen LogP contribution < -0.4 is 0 Å². The summed E-state index contributed by atoms with van der Waals surface area (Å²) < 4.78 is 1.58. The lowest BCUT2D eigenvalue weighted by Gasteiger charge is -2.36. The maximum atomic E-state index is 10.9. The third-order valence-corrected chi connectivity index (χ3v) is 6.50. The molecule has 7 heteroatoms. The molecule has 1 saturated heterocycles. The molecule has 0 amide bonds. The molecule has 0 unspecified atom stereocenters. The molecule has 1 aliphatic rings. The molecule has 1 aliphatic heterocycles. The average molecular weight is 391 g/mol. The maximum Gasteiger partial charge on any atom is 0.230 e. The van der Waals surface area contributed by atoms with Gasteiger partial charge in [-0.1, -0.05) is 48.9 Å². The fraction of sp³-hybridized carbons (Fsp3) is 0.474. The van der Waals surface area contributed by atoms with Gasteiger partial charge in [0.2, 0.25) is 10.8 Å². The standard InChI is InChI=1S/C19H23ClN4OS/c1-3-15-21-19-24(22-15)18(25)17(26-19)16(13-4-6-14(20)7-5-13)23-10-8-12(2)9-11-23/h4-7,12,16,25H,3,8-11H2,1-2H3/t16-/m1/s1. The third kappa shape index (κ3) is 3.21. The minimum Gasteiger partial charge on any atom is -0.492 e. The van der Waals surface area contributed by atoms with Crippen molar-refractivity contribution < 1.29 is 5.11 Å². The van der Waals surface area contributed by atoms with Crippen molar-refractivity contribution in [1.29, 1.82) is 0 Å². The van der Waals surface area contributed by atoms with Crippen LogP contribution in [0.4, 0.5) is 0 Å². The number of likely N-dealkylation sites (tertiary alicyclic amines) is 1. The minimum atomic E-state index is -0.00153. The summed E-state index contributed by atoms with van der Waals surface area (Å²) in [5.41, 5.74) is 1.14. The Labute approximate surface area is 162 Å². The smallest absolute Gasteiger partial charge is 0.230 e. The van der Waals surface area contributed by atoms with Crippen LogP contribution in [-0.2, 0) is 6.42 Å². The van der Waals surface area contributed by atoms with Gasteiger partial charge in [-0.25, -0.2) is 4.98 Å². The molecule has 3 aromatic rings. The van der Waals surface area contributed by atoms with Crippen LogP contribution in [0.3, 0.4) is 0 Å². The largest absolute Gasteiger partial charge is 0.492 e. The Balaban J connectivity index is 1.78. The highest BCUT2D eigenvalue weighted by Gasteiger charge is 2.31. The van der Waals surface area contributed by atoms with Crippen LogP contribution in [-0.4, -0.2) is 37.7 Å². The summed E-state index contributed by atoms with van der Waals surface area (Å²) in [6.45, 7) is 6.35. The lowest BCUT2D eigenvalue weighted by molar-refractivity contribution is 0.157. The number of hydrogen-bond donors (Lipinski definition) is 1. The molecule has 0 bridgehead atoms. The van der Waals surface area contributed by atoms with E-state index in [2.05, 4.69) is 34.0 Å². The molecule has 3 heterocycles. The molecule has 4 rings (SSSR count). The summed E-state index contributed by atoms with van der Waals surface area (Å²) in [6, 6.07) is 7.94. The summed E-state index contributed by atoms with van der Waals surface area (Å²) in [5, 5.41) is 16.0. The molecule has 0 aliphatic carbocycles. The Bertz CT molecular complexity index is 896. The van der Waals surface area contributed by atoms with Gasteiger partial charge in [-0.3, -0.25) is 4.90 Å². The van der Waals surface area contributed by atoms with Gasteiger partial charge in [-0.05, 0) is 49.5 Å². The predicted octanol–water partition coefficient (Wildman–Crippen LogP) is 4.53. The van der Waals surface area contributed by atoms with Gasteiger partial charge >= 0.3 is 0 Å². The molecule has 138 valence electrons. The topological polar surface area (TPSA) is 53.7 Å². The number of nitrogens with zero attached hydrogens (tertiary/aromatic N) is 4. The Hall–Kier alpha value is -1.63. The number of hydrogen-bond acceptors (Lipinski definition) is 5. The summed E-state index contributed by atoms with van der Waals surface area (Å²) in [7, 11) is 0. The molecule has 1 fully saturated rings. The quantitative estimate of drug-likeness (QED) is 0.710. The molecule has 5 nitrogen and oxygen atoms in total. The van der Waals surface area contributed by atoms with Gasteiger partial charge in [-0.2, -0.15) is 4.52 Å². The Morgan fingerprint density at radius 2 is 1.96 bits per heavy atom. The number of benzene rings is 1. The normalized spacial score (nSPS) is 17.8. The molecule has 1 atom stereocenters. The number of thiazole rings is 1. The molecule has 0 saturated carbocycles. The predicted molar refractivity (Wildman–Crippen MR) is 105 cm³/mol. The van der Waals surface area contributed by atoms with Gasteiger partial charge < -0.3 is 5.11 Å². The highest BCUT2D eigenvalue weighted by atomic mass is 35.5. The van der Waals surface area contributed by atoms with Gasteiger partial charge in [0.1, 0.15) is 0 Å². The fourth-order valence-corrected chi connectivity index (χ4v) is 4.84. The number of rotatable bonds is 4. The van der Waals surface area contributed by atoms with Crippen LogP contribution in [0.25, 0.3) is 4.96 Å². The van der Waals surface area contributed by atoms with Crippen molar-refractivity contribution in [2.24, 2.45) is 5.92 Å². The first kappa shape index (κ1) is 17.8. The monoisotopic (exact) mass is 390 g/mol. The van der Waals surface area contributed by atoms with E-state index in [1.807, 2.05) is 19.1 Å². The number of halogens is 1. The lowest BCUT2D eigenvalue weighted by atomic mass is 9.95. The van der Waals surface area contributed by atoms with E-state index in [1.165, 1.54) is 24.2 Å². The summed E-state index contributed by atoms with van der Waals surface area (Å²) in [6.07, 6.45) is 3.10. The van der Waals surface area contributed by atoms with Gasteiger partial charge in [0.05, 0.1) is 10.9 Å². The molecule has 26 heavy (non-hydrogen) atoms. The highest BCUT2D eigenvalue weighted by Crippen LogP contribution is 2.41. The van der Waals surface area contributed by atoms with Crippen molar-refractivity contribution in [2.75, 3.05) is 13.1 Å². The second kappa shape index (κ2) is 7.18. The number of fused-ring (bicyclic) bond motifs is 1. The van der Waals surface area contributed by atoms with Crippen LogP contribution in [0.15, 0.2) is 24.3 Å². The highest BCUT2D eigenvalue weighted by molar-refractivity contribution is 7.17. The second-order valence-electron chi connectivity index (χ2n) is 7.04. The van der Waals surface area contributed by atoms with Crippen LogP contribution in [0.1, 0.15) is 49.0 Å². The van der Waals surface area contributed by atoms with E-state index < -0.39 is 0 Å². The SMILES string of the molecule is CCc1nc2sc([C@@H](c3ccc(Cl)cc3)N3CCC(C)CC3)c(O)n2n1. The van der Waals surface area contributed by atoms with E-state index in [0.29, 0.717) is 0 Å². The zero-order valence-electron chi connectivity index (χ0n) is 15.0. The Morgan fingerprint density at radius 1 is 1.27 bits per heavy atom. The van der Waals surface area contributed by atoms with Gasteiger partial charge in [0, 0.05) is 11.4 Å². The molecular weight excluding hydrogens is 368 g/mol. The number of aryl methyl sites for hydroxylation is 1. The molecule has 1 aromatic carbocycles. The van der Waals surface area contributed by atoms with Gasteiger partial charge in [0.25, 0.3) is 0 Å². The van der Waals surface area contributed by atoms with E-state index in [4.69, 9.17) is 11.6 Å². The van der Waals surface area contributed by atoms with Gasteiger partial charge in [-0.15, -0.1) is 5.10 Å². The first-order valence-electron chi connectivity index (χ1n) is 9.13. The summed E-state index contributed by atoms with van der Waals surface area (Å²) in [5.74, 6) is 1.71. The zero-order valence-corrected chi connectivity index (χ0v) is 16.6. The van der Waals surface area contributed by atoms with Crippen molar-refractivity contribution in [3.8, 4) is 5.88 Å². The van der Waals surface area contributed by atoms with Gasteiger partial charge in [0.15, 0.2) is 5.82 Å². The molecule has 1 N–H and O–H groups in total.